The van der Waals surface area contributed by atoms with Crippen molar-refractivity contribution in [3.63, 3.8) is 0 Å². The second-order valence-electron chi connectivity index (χ2n) is 3.99. The van der Waals surface area contributed by atoms with Crippen molar-refractivity contribution in [3.05, 3.63) is 0 Å². The Balaban J connectivity index is 0.000000160. The van der Waals surface area contributed by atoms with Crippen LogP contribution in [0.5, 0.6) is 0 Å². The number of amides is 2. The molecule has 0 aromatic rings. The lowest BCUT2D eigenvalue weighted by atomic mass is 10.1. The van der Waals surface area contributed by atoms with Gasteiger partial charge in [-0.2, -0.15) is 25.3 Å². The lowest BCUT2D eigenvalue weighted by molar-refractivity contribution is -0.122. The Morgan fingerprint density at radius 3 is 2.12 bits per heavy atom. The van der Waals surface area contributed by atoms with Crippen LogP contribution in [0, 0.1) is 0 Å². The van der Waals surface area contributed by atoms with Gasteiger partial charge in [0.25, 0.3) is 0 Å². The molecule has 2 saturated heterocycles. The van der Waals surface area contributed by atoms with Gasteiger partial charge in [0, 0.05) is 36.4 Å². The van der Waals surface area contributed by atoms with Gasteiger partial charge in [0.05, 0.1) is 0 Å². The average molecular weight is 262 g/mol. The number of piperidine rings is 2. The highest BCUT2D eigenvalue weighted by Gasteiger charge is 2.14. The van der Waals surface area contributed by atoms with Crippen LogP contribution in [0.1, 0.15) is 25.7 Å². The van der Waals surface area contributed by atoms with Crippen molar-refractivity contribution in [2.75, 3.05) is 13.1 Å². The summed E-state index contributed by atoms with van der Waals surface area (Å²) in [6, 6.07) is 0. The lowest BCUT2D eigenvalue weighted by Crippen LogP contribution is -2.35. The molecule has 2 atom stereocenters. The van der Waals surface area contributed by atoms with E-state index in [1.54, 1.807) is 0 Å². The molecule has 2 N–H and O–H groups in total. The summed E-state index contributed by atoms with van der Waals surface area (Å²) < 4.78 is 0. The van der Waals surface area contributed by atoms with Gasteiger partial charge in [0.15, 0.2) is 0 Å². The van der Waals surface area contributed by atoms with Crippen molar-refractivity contribution in [1.29, 1.82) is 0 Å². The highest BCUT2D eigenvalue weighted by molar-refractivity contribution is 7.81. The molecule has 2 fully saturated rings. The van der Waals surface area contributed by atoms with E-state index in [1.165, 1.54) is 0 Å². The first kappa shape index (κ1) is 13.7. The topological polar surface area (TPSA) is 58.2 Å². The van der Waals surface area contributed by atoms with Crippen LogP contribution in [0.4, 0.5) is 0 Å². The fraction of sp³-hybridized carbons (Fsp3) is 0.800. The van der Waals surface area contributed by atoms with Crippen LogP contribution >= 0.6 is 25.3 Å². The van der Waals surface area contributed by atoms with Crippen LogP contribution < -0.4 is 10.6 Å². The van der Waals surface area contributed by atoms with Crippen LogP contribution in [0.3, 0.4) is 0 Å². The molecule has 0 saturated carbocycles. The molecule has 2 rings (SSSR count). The molecule has 0 spiro atoms. The zero-order valence-electron chi connectivity index (χ0n) is 9.11. The minimum Gasteiger partial charge on any atom is -0.356 e. The summed E-state index contributed by atoms with van der Waals surface area (Å²) >= 11 is 8.35. The third-order valence-electron chi connectivity index (χ3n) is 2.46. The average Bonchev–Trinajstić information content (AvgIpc) is 2.23. The molecule has 2 heterocycles. The van der Waals surface area contributed by atoms with Gasteiger partial charge in [-0.3, -0.25) is 9.59 Å². The Bertz CT molecular complexity index is 251. The van der Waals surface area contributed by atoms with Crippen molar-refractivity contribution in [3.8, 4) is 0 Å². The third kappa shape index (κ3) is 5.65. The Morgan fingerprint density at radius 2 is 1.75 bits per heavy atom. The summed E-state index contributed by atoms with van der Waals surface area (Å²) in [6.07, 6.45) is 3.17. The predicted molar refractivity (Wildman–Crippen MR) is 70.0 cm³/mol. The van der Waals surface area contributed by atoms with Crippen molar-refractivity contribution >= 4 is 37.1 Å². The van der Waals surface area contributed by atoms with Crippen molar-refractivity contribution in [2.24, 2.45) is 0 Å². The number of carbonyl (C=O) groups is 2. The number of hydrogen-bond acceptors (Lipinski definition) is 4. The number of rotatable bonds is 0. The molecule has 2 unspecified atom stereocenters. The van der Waals surface area contributed by atoms with E-state index >= 15 is 0 Å². The zero-order valence-corrected chi connectivity index (χ0v) is 10.9. The van der Waals surface area contributed by atoms with Crippen LogP contribution in [0.15, 0.2) is 0 Å². The monoisotopic (exact) mass is 262 g/mol. The molecule has 2 aliphatic rings. The molecule has 2 aliphatic heterocycles. The van der Waals surface area contributed by atoms with E-state index in [4.69, 9.17) is 0 Å². The molecule has 0 aromatic carbocycles. The largest absolute Gasteiger partial charge is 0.356 e. The minimum atomic E-state index is 0.135. The van der Waals surface area contributed by atoms with Gasteiger partial charge in [0.1, 0.15) is 0 Å². The smallest absolute Gasteiger partial charge is 0.221 e. The minimum absolute atomic E-state index is 0.135. The fourth-order valence-corrected chi connectivity index (χ4v) is 2.00. The van der Waals surface area contributed by atoms with E-state index in [2.05, 4.69) is 35.9 Å². The maximum absolute atomic E-state index is 10.5. The molecular weight excluding hydrogens is 244 g/mol. The predicted octanol–water partition coefficient (Wildman–Crippen LogP) is 0.390. The standard InChI is InChI=1S/2C5H9NOS/c7-5-3-4(8)1-2-6-5;7-5-2-1-4(8)3-6-5/h2*4,8H,1-3H2,(H,6,7). The highest BCUT2D eigenvalue weighted by Crippen LogP contribution is 2.09. The van der Waals surface area contributed by atoms with Gasteiger partial charge >= 0.3 is 0 Å². The molecule has 0 aliphatic carbocycles. The highest BCUT2D eigenvalue weighted by atomic mass is 32.1. The normalized spacial score (nSPS) is 29.6. The van der Waals surface area contributed by atoms with E-state index in [0.29, 0.717) is 23.3 Å². The van der Waals surface area contributed by atoms with Gasteiger partial charge in [-0.15, -0.1) is 0 Å². The summed E-state index contributed by atoms with van der Waals surface area (Å²) in [7, 11) is 0. The van der Waals surface area contributed by atoms with E-state index < -0.39 is 0 Å². The van der Waals surface area contributed by atoms with Crippen LogP contribution in [0.25, 0.3) is 0 Å². The van der Waals surface area contributed by atoms with Gasteiger partial charge in [-0.25, -0.2) is 0 Å². The van der Waals surface area contributed by atoms with Crippen molar-refractivity contribution in [2.45, 2.75) is 36.2 Å². The Morgan fingerprint density at radius 1 is 1.00 bits per heavy atom. The Hall–Kier alpha value is -0.360. The lowest BCUT2D eigenvalue weighted by Gasteiger charge is -2.16. The summed E-state index contributed by atoms with van der Waals surface area (Å²) in [5.74, 6) is 0.298. The maximum atomic E-state index is 10.5. The molecule has 4 nitrogen and oxygen atoms in total. The van der Waals surface area contributed by atoms with Gasteiger partial charge in [0.2, 0.25) is 11.8 Å². The first-order valence-corrected chi connectivity index (χ1v) is 6.50. The molecular formula is C10H18N2O2S2. The molecule has 0 radical (unpaired) electrons. The van der Waals surface area contributed by atoms with Gasteiger partial charge in [-0.1, -0.05) is 0 Å². The van der Waals surface area contributed by atoms with Crippen molar-refractivity contribution in [1.82, 2.24) is 10.6 Å². The number of nitrogens with one attached hydrogen (secondary N) is 2. The summed E-state index contributed by atoms with van der Waals surface area (Å²) in [4.78, 5) is 21.0. The molecule has 6 heteroatoms. The third-order valence-corrected chi connectivity index (χ3v) is 3.34. The zero-order chi connectivity index (χ0) is 12.0. The Labute approximate surface area is 107 Å². The first-order valence-electron chi connectivity index (χ1n) is 5.47. The molecule has 92 valence electrons. The molecule has 16 heavy (non-hydrogen) atoms. The van der Waals surface area contributed by atoms with E-state index in [0.717, 1.165) is 25.9 Å². The van der Waals surface area contributed by atoms with Gasteiger partial charge in [-0.05, 0) is 12.8 Å². The maximum Gasteiger partial charge on any atom is 0.221 e. The molecule has 2 amide bonds. The van der Waals surface area contributed by atoms with Gasteiger partial charge < -0.3 is 10.6 Å². The number of carbonyl (C=O) groups excluding carboxylic acids is 2. The van der Waals surface area contributed by atoms with E-state index in [9.17, 15) is 9.59 Å². The first-order chi connectivity index (χ1) is 7.58. The Kier molecular flexibility index (Phi) is 6.05. The van der Waals surface area contributed by atoms with Crippen LogP contribution in [-0.4, -0.2) is 35.4 Å². The second-order valence-corrected chi connectivity index (χ2v) is 5.45. The van der Waals surface area contributed by atoms with E-state index in [-0.39, 0.29) is 11.8 Å². The number of thiol groups is 2. The summed E-state index contributed by atoms with van der Waals surface area (Å²) in [6.45, 7) is 1.54. The molecule has 0 aromatic heterocycles. The summed E-state index contributed by atoms with van der Waals surface area (Å²) in [5, 5.41) is 6.12. The van der Waals surface area contributed by atoms with Crippen LogP contribution in [0.2, 0.25) is 0 Å². The fourth-order valence-electron chi connectivity index (χ4n) is 1.49. The summed E-state index contributed by atoms with van der Waals surface area (Å²) in [5.41, 5.74) is 0. The molecule has 0 bridgehead atoms. The van der Waals surface area contributed by atoms with E-state index in [1.807, 2.05) is 0 Å². The quantitative estimate of drug-likeness (QED) is 0.477. The van der Waals surface area contributed by atoms with Crippen LogP contribution in [-0.2, 0) is 9.59 Å². The van der Waals surface area contributed by atoms with Crippen molar-refractivity contribution < 1.29 is 9.59 Å². The SMILES string of the molecule is O=C1CC(S)CCN1.O=C1CCC(S)CN1. The number of hydrogen-bond donors (Lipinski definition) is 4. The second kappa shape index (κ2) is 7.06.